The van der Waals surface area contributed by atoms with E-state index in [4.69, 9.17) is 10.5 Å². The van der Waals surface area contributed by atoms with Gasteiger partial charge in [-0.1, -0.05) is 0 Å². The van der Waals surface area contributed by atoms with Crippen molar-refractivity contribution in [2.75, 3.05) is 17.7 Å². The maximum absolute atomic E-state index is 12.2. The summed E-state index contributed by atoms with van der Waals surface area (Å²) in [5, 5.41) is 2.49. The number of ether oxygens (including phenoxy) is 2. The van der Waals surface area contributed by atoms with Gasteiger partial charge < -0.3 is 20.5 Å². The zero-order valence-corrected chi connectivity index (χ0v) is 13.6. The van der Waals surface area contributed by atoms with Crippen molar-refractivity contribution >= 4 is 23.3 Å². The number of alkyl halides is 3. The van der Waals surface area contributed by atoms with Crippen LogP contribution in [0.3, 0.4) is 0 Å². The number of hydrogen-bond acceptors (Lipinski definition) is 5. The average Bonchev–Trinajstić information content (AvgIpc) is 2.55. The molecular weight excluding hydrogens is 353 g/mol. The molecule has 2 aromatic rings. The van der Waals surface area contributed by atoms with Crippen LogP contribution in [0, 0.1) is 0 Å². The van der Waals surface area contributed by atoms with E-state index in [1.165, 1.54) is 30.3 Å². The molecule has 1 amide bonds. The molecular formula is C17H15F3N2O4. The van der Waals surface area contributed by atoms with Gasteiger partial charge in [-0.2, -0.15) is 0 Å². The van der Waals surface area contributed by atoms with Crippen molar-refractivity contribution in [3.05, 3.63) is 53.6 Å². The Morgan fingerprint density at radius 2 is 1.77 bits per heavy atom. The fourth-order valence-electron chi connectivity index (χ4n) is 2.05. The molecule has 0 unspecified atom stereocenters. The molecule has 26 heavy (non-hydrogen) atoms. The van der Waals surface area contributed by atoms with E-state index in [2.05, 4.69) is 10.1 Å². The Labute approximate surface area is 146 Å². The first-order valence-electron chi connectivity index (χ1n) is 7.43. The molecule has 0 spiro atoms. The Balaban J connectivity index is 2.09. The van der Waals surface area contributed by atoms with E-state index in [1.807, 2.05) is 0 Å². The highest BCUT2D eigenvalue weighted by molar-refractivity contribution is 6.08. The van der Waals surface area contributed by atoms with Gasteiger partial charge in [0.1, 0.15) is 5.75 Å². The van der Waals surface area contributed by atoms with E-state index in [9.17, 15) is 22.8 Å². The summed E-state index contributed by atoms with van der Waals surface area (Å²) < 4.78 is 44.9. The normalized spacial score (nSPS) is 10.9. The third-order valence-electron chi connectivity index (χ3n) is 3.15. The van der Waals surface area contributed by atoms with Crippen LogP contribution in [0.15, 0.2) is 42.5 Å². The SMILES string of the molecule is CCOC(=O)c1ccc(C(=O)Nc2ccc(OC(F)(F)F)cc2)c(N)c1. The van der Waals surface area contributed by atoms with Crippen LogP contribution >= 0.6 is 0 Å². The van der Waals surface area contributed by atoms with Gasteiger partial charge >= 0.3 is 12.3 Å². The van der Waals surface area contributed by atoms with Crippen LogP contribution in [0.5, 0.6) is 5.75 Å². The van der Waals surface area contributed by atoms with Gasteiger partial charge in [0.05, 0.1) is 17.7 Å². The lowest BCUT2D eigenvalue weighted by Crippen LogP contribution is -2.17. The van der Waals surface area contributed by atoms with Crippen LogP contribution < -0.4 is 15.8 Å². The topological polar surface area (TPSA) is 90.7 Å². The number of nitrogens with two attached hydrogens (primary N) is 1. The second-order valence-corrected chi connectivity index (χ2v) is 5.05. The number of anilines is 2. The maximum atomic E-state index is 12.2. The number of rotatable bonds is 5. The third-order valence-corrected chi connectivity index (χ3v) is 3.15. The van der Waals surface area contributed by atoms with E-state index in [-0.39, 0.29) is 29.1 Å². The van der Waals surface area contributed by atoms with Crippen LogP contribution in [0.2, 0.25) is 0 Å². The van der Waals surface area contributed by atoms with Crippen LogP contribution in [-0.2, 0) is 4.74 Å². The number of halogens is 3. The molecule has 0 bridgehead atoms. The van der Waals surface area contributed by atoms with Crippen LogP contribution in [0.4, 0.5) is 24.5 Å². The first kappa shape index (κ1) is 19.1. The lowest BCUT2D eigenvalue weighted by atomic mass is 10.1. The fourth-order valence-corrected chi connectivity index (χ4v) is 2.05. The summed E-state index contributed by atoms with van der Waals surface area (Å²) in [5.41, 5.74) is 6.41. The minimum absolute atomic E-state index is 0.0603. The smallest absolute Gasteiger partial charge is 0.462 e. The van der Waals surface area contributed by atoms with Gasteiger partial charge in [-0.25, -0.2) is 4.79 Å². The Morgan fingerprint density at radius 1 is 1.12 bits per heavy atom. The largest absolute Gasteiger partial charge is 0.573 e. The van der Waals surface area contributed by atoms with Crippen LogP contribution in [-0.4, -0.2) is 24.8 Å². The van der Waals surface area contributed by atoms with Gasteiger partial charge in [0.25, 0.3) is 5.91 Å². The van der Waals surface area contributed by atoms with Crippen molar-refractivity contribution in [2.24, 2.45) is 0 Å². The van der Waals surface area contributed by atoms with Crippen LogP contribution in [0.25, 0.3) is 0 Å². The number of nitrogens with one attached hydrogen (secondary N) is 1. The van der Waals surface area contributed by atoms with Crippen molar-refractivity contribution in [2.45, 2.75) is 13.3 Å². The number of amides is 1. The molecule has 0 aliphatic rings. The number of hydrogen-bond donors (Lipinski definition) is 2. The molecule has 0 atom stereocenters. The molecule has 0 heterocycles. The Morgan fingerprint density at radius 3 is 2.31 bits per heavy atom. The zero-order valence-electron chi connectivity index (χ0n) is 13.6. The average molecular weight is 368 g/mol. The van der Waals surface area contributed by atoms with Crippen molar-refractivity contribution in [1.82, 2.24) is 0 Å². The summed E-state index contributed by atoms with van der Waals surface area (Å²) in [5.74, 6) is -1.55. The monoisotopic (exact) mass is 368 g/mol. The number of esters is 1. The summed E-state index contributed by atoms with van der Waals surface area (Å²) >= 11 is 0. The van der Waals surface area contributed by atoms with Crippen molar-refractivity contribution in [3.8, 4) is 5.75 Å². The molecule has 0 saturated carbocycles. The highest BCUT2D eigenvalue weighted by atomic mass is 19.4. The fraction of sp³-hybridized carbons (Fsp3) is 0.176. The molecule has 0 aliphatic heterocycles. The van der Waals surface area contributed by atoms with Gasteiger partial charge in [-0.15, -0.1) is 13.2 Å². The van der Waals surface area contributed by atoms with E-state index in [0.717, 1.165) is 12.1 Å². The Kier molecular flexibility index (Phi) is 5.71. The van der Waals surface area contributed by atoms with Crippen LogP contribution in [0.1, 0.15) is 27.6 Å². The summed E-state index contributed by atoms with van der Waals surface area (Å²) in [4.78, 5) is 23.9. The molecule has 3 N–H and O–H groups in total. The minimum atomic E-state index is -4.79. The third kappa shape index (κ3) is 5.13. The summed E-state index contributed by atoms with van der Waals surface area (Å²) in [6, 6.07) is 8.70. The molecule has 9 heteroatoms. The minimum Gasteiger partial charge on any atom is -0.462 e. The molecule has 6 nitrogen and oxygen atoms in total. The number of nitrogen functional groups attached to an aromatic ring is 1. The van der Waals surface area contributed by atoms with E-state index in [1.54, 1.807) is 6.92 Å². The highest BCUT2D eigenvalue weighted by Gasteiger charge is 2.31. The van der Waals surface area contributed by atoms with E-state index < -0.39 is 24.0 Å². The van der Waals surface area contributed by atoms with Gasteiger partial charge in [-0.05, 0) is 49.4 Å². The molecule has 0 radical (unpaired) electrons. The van der Waals surface area contributed by atoms with Gasteiger partial charge in [0.2, 0.25) is 0 Å². The first-order chi connectivity index (χ1) is 12.2. The van der Waals surface area contributed by atoms with Crippen molar-refractivity contribution in [3.63, 3.8) is 0 Å². The van der Waals surface area contributed by atoms with Gasteiger partial charge in [0, 0.05) is 11.4 Å². The molecule has 0 aliphatic carbocycles. The lowest BCUT2D eigenvalue weighted by Gasteiger charge is -2.11. The Bertz CT molecular complexity index is 805. The van der Waals surface area contributed by atoms with E-state index >= 15 is 0 Å². The van der Waals surface area contributed by atoms with Crippen molar-refractivity contribution < 1.29 is 32.2 Å². The Hall–Kier alpha value is -3.23. The number of carbonyl (C=O) groups excluding carboxylic acids is 2. The molecule has 0 aromatic heterocycles. The first-order valence-corrected chi connectivity index (χ1v) is 7.43. The van der Waals surface area contributed by atoms with Gasteiger partial charge in [-0.3, -0.25) is 4.79 Å². The molecule has 2 rings (SSSR count). The summed E-state index contributed by atoms with van der Waals surface area (Å²) in [7, 11) is 0. The summed E-state index contributed by atoms with van der Waals surface area (Å²) in [6.45, 7) is 1.86. The van der Waals surface area contributed by atoms with E-state index in [0.29, 0.717) is 0 Å². The quantitative estimate of drug-likeness (QED) is 0.622. The highest BCUT2D eigenvalue weighted by Crippen LogP contribution is 2.24. The van der Waals surface area contributed by atoms with Crippen molar-refractivity contribution in [1.29, 1.82) is 0 Å². The second kappa shape index (κ2) is 7.77. The summed E-state index contributed by atoms with van der Waals surface area (Å²) in [6.07, 6.45) is -4.79. The number of benzene rings is 2. The maximum Gasteiger partial charge on any atom is 0.573 e. The molecule has 138 valence electrons. The van der Waals surface area contributed by atoms with Gasteiger partial charge in [0.15, 0.2) is 0 Å². The predicted molar refractivity (Wildman–Crippen MR) is 87.9 cm³/mol. The predicted octanol–water partition coefficient (Wildman–Crippen LogP) is 3.60. The number of carbonyl (C=O) groups is 2. The zero-order chi connectivity index (χ0) is 19.3. The molecule has 2 aromatic carbocycles. The molecule has 0 saturated heterocycles. The standard InChI is InChI=1S/C17H15F3N2O4/c1-2-25-16(24)10-3-8-13(14(21)9-10)15(23)22-11-4-6-12(7-5-11)26-17(18,19)20/h3-9H,2,21H2,1H3,(H,22,23). The molecule has 0 fully saturated rings. The second-order valence-electron chi connectivity index (χ2n) is 5.05. The lowest BCUT2D eigenvalue weighted by molar-refractivity contribution is -0.274.